The molecule has 0 fully saturated rings. The number of esters is 1. The van der Waals surface area contributed by atoms with Crippen molar-refractivity contribution in [2.75, 3.05) is 13.2 Å². The molecule has 1 amide bonds. The first-order valence-electron chi connectivity index (χ1n) is 41.3. The van der Waals surface area contributed by atoms with Crippen LogP contribution < -0.4 is 5.32 Å². The molecule has 0 saturated carbocycles. The molecule has 0 radical (unpaired) electrons. The predicted molar refractivity (Wildman–Crippen MR) is 389 cm³/mol. The molecule has 0 saturated heterocycles. The number of rotatable bonds is 79. The number of carbonyl (C=O) groups is 2. The van der Waals surface area contributed by atoms with E-state index in [9.17, 15) is 19.8 Å². The zero-order chi connectivity index (χ0) is 63.5. The van der Waals surface area contributed by atoms with Crippen LogP contribution in [0.5, 0.6) is 0 Å². The Morgan fingerprint density at radius 3 is 0.693 bits per heavy atom. The Kier molecular flexibility index (Phi) is 77.3. The van der Waals surface area contributed by atoms with Gasteiger partial charge in [0.1, 0.15) is 0 Å². The van der Waals surface area contributed by atoms with E-state index in [0.717, 1.165) is 38.5 Å². The van der Waals surface area contributed by atoms with Crippen molar-refractivity contribution in [1.82, 2.24) is 5.32 Å². The van der Waals surface area contributed by atoms with Gasteiger partial charge in [-0.2, -0.15) is 0 Å². The molecule has 0 aromatic carbocycles. The third kappa shape index (κ3) is 73.9. The summed E-state index contributed by atoms with van der Waals surface area (Å²) in [6.07, 6.45) is 97.8. The van der Waals surface area contributed by atoms with E-state index >= 15 is 0 Å². The molecular formula is C82H163NO5. The Morgan fingerprint density at radius 2 is 0.466 bits per heavy atom. The Morgan fingerprint density at radius 1 is 0.273 bits per heavy atom. The zero-order valence-corrected chi connectivity index (χ0v) is 60.5. The second-order valence-corrected chi connectivity index (χ2v) is 28.8. The predicted octanol–water partition coefficient (Wildman–Crippen LogP) is 27.3. The Balaban J connectivity index is 3.32. The summed E-state index contributed by atoms with van der Waals surface area (Å²) in [5.41, 5.74) is 0. The van der Waals surface area contributed by atoms with Gasteiger partial charge in [-0.1, -0.05) is 450 Å². The molecule has 0 aliphatic rings. The standard InChI is InChI=1S/C82H163NO5/c1-3-5-7-9-11-13-15-17-19-21-22-23-24-33-36-39-43-46-50-54-58-62-66-70-74-80(85)79(78-84)83-81(86)75-71-67-63-59-55-51-47-44-40-37-34-31-29-27-25-26-28-30-32-35-38-41-45-49-53-57-61-65-69-73-77-88-82(87)76-72-68-64-60-56-52-48-42-20-18-16-14-12-10-8-6-4-2/h79-80,84-85H,3-78H2,1-2H3,(H,83,86). The number of aliphatic hydroxyl groups is 2. The molecule has 3 N–H and O–H groups in total. The summed E-state index contributed by atoms with van der Waals surface area (Å²) >= 11 is 0. The number of aliphatic hydroxyl groups excluding tert-OH is 2. The normalized spacial score (nSPS) is 12.4. The zero-order valence-electron chi connectivity index (χ0n) is 60.5. The quantitative estimate of drug-likeness (QED) is 0.0417. The summed E-state index contributed by atoms with van der Waals surface area (Å²) < 4.78 is 5.52. The summed E-state index contributed by atoms with van der Waals surface area (Å²) in [7, 11) is 0. The van der Waals surface area contributed by atoms with E-state index in [4.69, 9.17) is 4.74 Å². The molecule has 0 heterocycles. The first-order chi connectivity index (χ1) is 43.5. The van der Waals surface area contributed by atoms with Gasteiger partial charge in [-0.05, 0) is 25.7 Å². The lowest BCUT2D eigenvalue weighted by Crippen LogP contribution is -2.45. The van der Waals surface area contributed by atoms with Gasteiger partial charge in [-0.15, -0.1) is 0 Å². The van der Waals surface area contributed by atoms with Crippen LogP contribution >= 0.6 is 0 Å². The molecule has 0 aromatic heterocycles. The third-order valence-corrected chi connectivity index (χ3v) is 19.9. The Labute approximate surface area is 553 Å². The Hall–Kier alpha value is -1.14. The van der Waals surface area contributed by atoms with Gasteiger partial charge in [0.15, 0.2) is 0 Å². The number of hydrogen-bond acceptors (Lipinski definition) is 5. The molecule has 0 aliphatic carbocycles. The van der Waals surface area contributed by atoms with Crippen LogP contribution in [0.1, 0.15) is 489 Å². The third-order valence-electron chi connectivity index (χ3n) is 19.9. The van der Waals surface area contributed by atoms with E-state index in [0.29, 0.717) is 25.9 Å². The van der Waals surface area contributed by atoms with Crippen molar-refractivity contribution in [3.05, 3.63) is 0 Å². The fourth-order valence-corrected chi connectivity index (χ4v) is 13.6. The highest BCUT2D eigenvalue weighted by Crippen LogP contribution is 2.21. The lowest BCUT2D eigenvalue weighted by Gasteiger charge is -2.22. The summed E-state index contributed by atoms with van der Waals surface area (Å²) in [4.78, 5) is 24.7. The van der Waals surface area contributed by atoms with Crippen molar-refractivity contribution < 1.29 is 24.5 Å². The molecule has 0 rings (SSSR count). The van der Waals surface area contributed by atoms with Crippen LogP contribution in [0.25, 0.3) is 0 Å². The number of amides is 1. The fraction of sp³-hybridized carbons (Fsp3) is 0.976. The number of hydrogen-bond donors (Lipinski definition) is 3. The molecule has 526 valence electrons. The van der Waals surface area contributed by atoms with Gasteiger partial charge in [0.05, 0.1) is 25.4 Å². The first kappa shape index (κ1) is 86.9. The molecular weight excluding hydrogens is 1080 g/mol. The molecule has 0 bridgehead atoms. The van der Waals surface area contributed by atoms with Gasteiger partial charge in [0.25, 0.3) is 0 Å². The minimum absolute atomic E-state index is 0.0242. The maximum atomic E-state index is 12.6. The van der Waals surface area contributed by atoms with Crippen LogP contribution in [0.3, 0.4) is 0 Å². The van der Waals surface area contributed by atoms with Crippen molar-refractivity contribution in [1.29, 1.82) is 0 Å². The average molecular weight is 1240 g/mol. The molecule has 2 atom stereocenters. The van der Waals surface area contributed by atoms with Crippen LogP contribution in [0.4, 0.5) is 0 Å². The molecule has 2 unspecified atom stereocenters. The van der Waals surface area contributed by atoms with Crippen molar-refractivity contribution in [2.45, 2.75) is 501 Å². The molecule has 88 heavy (non-hydrogen) atoms. The second kappa shape index (κ2) is 78.3. The van der Waals surface area contributed by atoms with E-state index in [-0.39, 0.29) is 18.5 Å². The van der Waals surface area contributed by atoms with Gasteiger partial charge >= 0.3 is 5.97 Å². The van der Waals surface area contributed by atoms with E-state index in [2.05, 4.69) is 19.2 Å². The van der Waals surface area contributed by atoms with Crippen molar-refractivity contribution in [3.8, 4) is 0 Å². The highest BCUT2D eigenvalue weighted by atomic mass is 16.5. The van der Waals surface area contributed by atoms with Gasteiger partial charge in [0.2, 0.25) is 5.91 Å². The van der Waals surface area contributed by atoms with Crippen molar-refractivity contribution in [2.24, 2.45) is 0 Å². The lowest BCUT2D eigenvalue weighted by molar-refractivity contribution is -0.143. The molecule has 6 nitrogen and oxygen atoms in total. The van der Waals surface area contributed by atoms with E-state index in [1.165, 1.54) is 417 Å². The number of nitrogens with one attached hydrogen (secondary N) is 1. The second-order valence-electron chi connectivity index (χ2n) is 28.8. The maximum absolute atomic E-state index is 12.6. The maximum Gasteiger partial charge on any atom is 0.305 e. The monoisotopic (exact) mass is 1240 g/mol. The van der Waals surface area contributed by atoms with Crippen LogP contribution in [0.2, 0.25) is 0 Å². The largest absolute Gasteiger partial charge is 0.466 e. The van der Waals surface area contributed by atoms with Gasteiger partial charge < -0.3 is 20.3 Å². The van der Waals surface area contributed by atoms with Crippen molar-refractivity contribution >= 4 is 11.9 Å². The van der Waals surface area contributed by atoms with Gasteiger partial charge in [-0.25, -0.2) is 0 Å². The summed E-state index contributed by atoms with van der Waals surface area (Å²) in [5, 5.41) is 23.5. The summed E-state index contributed by atoms with van der Waals surface area (Å²) in [5.74, 6) is 0.00162. The minimum Gasteiger partial charge on any atom is -0.466 e. The lowest BCUT2D eigenvalue weighted by atomic mass is 10.0. The van der Waals surface area contributed by atoms with Gasteiger partial charge in [0, 0.05) is 12.8 Å². The molecule has 0 aliphatic heterocycles. The van der Waals surface area contributed by atoms with E-state index < -0.39 is 12.1 Å². The van der Waals surface area contributed by atoms with E-state index in [1.807, 2.05) is 0 Å². The van der Waals surface area contributed by atoms with Crippen molar-refractivity contribution in [3.63, 3.8) is 0 Å². The first-order valence-corrected chi connectivity index (χ1v) is 41.3. The molecule has 6 heteroatoms. The number of ether oxygens (including phenoxy) is 1. The number of unbranched alkanes of at least 4 members (excludes halogenated alkanes) is 68. The topological polar surface area (TPSA) is 95.9 Å². The summed E-state index contributed by atoms with van der Waals surface area (Å²) in [6, 6.07) is -0.539. The van der Waals surface area contributed by atoms with Gasteiger partial charge in [-0.3, -0.25) is 9.59 Å². The smallest absolute Gasteiger partial charge is 0.305 e. The van der Waals surface area contributed by atoms with Crippen LogP contribution in [0, 0.1) is 0 Å². The fourth-order valence-electron chi connectivity index (χ4n) is 13.6. The van der Waals surface area contributed by atoms with E-state index in [1.54, 1.807) is 0 Å². The SMILES string of the molecule is CCCCCCCCCCCCCCCCCCCCCCCCCCC(O)C(CO)NC(=O)CCCCCCCCCCCCCCCCCCCCCCCCCCCCCCCCOC(=O)CCCCCCCCCCCCCCCCCCC. The highest BCUT2D eigenvalue weighted by molar-refractivity contribution is 5.76. The molecule has 0 aromatic rings. The summed E-state index contributed by atoms with van der Waals surface area (Å²) in [6.45, 7) is 5.03. The van der Waals surface area contributed by atoms with Crippen LogP contribution in [-0.2, 0) is 14.3 Å². The van der Waals surface area contributed by atoms with Crippen LogP contribution in [-0.4, -0.2) is 47.4 Å². The Bertz CT molecular complexity index is 1290. The average Bonchev–Trinajstić information content (AvgIpc) is 3.60. The van der Waals surface area contributed by atoms with Crippen LogP contribution in [0.15, 0.2) is 0 Å². The highest BCUT2D eigenvalue weighted by Gasteiger charge is 2.20. The molecule has 0 spiro atoms. The minimum atomic E-state index is -0.662. The number of carbonyl (C=O) groups excluding carboxylic acids is 2.